The van der Waals surface area contributed by atoms with E-state index in [1.807, 2.05) is 37.3 Å². The third kappa shape index (κ3) is 4.89. The van der Waals surface area contributed by atoms with Crippen molar-refractivity contribution in [2.75, 3.05) is 6.54 Å². The summed E-state index contributed by atoms with van der Waals surface area (Å²) in [5, 5.41) is 2.76. The number of carbonyl (C=O) groups is 1. The van der Waals surface area contributed by atoms with Gasteiger partial charge in [0.2, 0.25) is 15.9 Å². The SMILES string of the molecule is C[C@@H](NC(=O)CNS(=O)(=O)c1ccccc1Br)c1ccccc1. The minimum atomic E-state index is -3.74. The lowest BCUT2D eigenvalue weighted by Gasteiger charge is -2.15. The summed E-state index contributed by atoms with van der Waals surface area (Å²) >= 11 is 3.19. The van der Waals surface area contributed by atoms with E-state index in [2.05, 4.69) is 26.0 Å². The number of hydrogen-bond donors (Lipinski definition) is 2. The molecule has 0 aromatic heterocycles. The molecule has 0 saturated heterocycles. The Morgan fingerprint density at radius 2 is 1.70 bits per heavy atom. The summed E-state index contributed by atoms with van der Waals surface area (Å²) in [5.74, 6) is -0.392. The van der Waals surface area contributed by atoms with Crippen molar-refractivity contribution in [2.45, 2.75) is 17.9 Å². The Bertz CT molecular complexity index is 779. The predicted molar refractivity (Wildman–Crippen MR) is 92.3 cm³/mol. The molecule has 122 valence electrons. The van der Waals surface area contributed by atoms with Gasteiger partial charge in [0.25, 0.3) is 0 Å². The Labute approximate surface area is 144 Å². The molecule has 0 bridgehead atoms. The van der Waals surface area contributed by atoms with Gasteiger partial charge in [0.05, 0.1) is 17.5 Å². The summed E-state index contributed by atoms with van der Waals surface area (Å²) in [4.78, 5) is 12.0. The highest BCUT2D eigenvalue weighted by Crippen LogP contribution is 2.20. The van der Waals surface area contributed by atoms with E-state index in [1.165, 1.54) is 6.07 Å². The fraction of sp³-hybridized carbons (Fsp3) is 0.188. The Balaban J connectivity index is 1.95. The highest BCUT2D eigenvalue weighted by molar-refractivity contribution is 9.10. The molecule has 0 aliphatic rings. The molecule has 2 aromatic rings. The van der Waals surface area contributed by atoms with Crippen LogP contribution in [0.5, 0.6) is 0 Å². The molecule has 1 atom stereocenters. The summed E-state index contributed by atoms with van der Waals surface area (Å²) in [6.07, 6.45) is 0. The third-order valence-corrected chi connectivity index (χ3v) is 5.64. The minimum Gasteiger partial charge on any atom is -0.348 e. The lowest BCUT2D eigenvalue weighted by Crippen LogP contribution is -2.38. The second-order valence-corrected chi connectivity index (χ2v) is 7.54. The second-order valence-electron chi connectivity index (χ2n) is 4.95. The van der Waals surface area contributed by atoms with Gasteiger partial charge in [-0.3, -0.25) is 4.79 Å². The predicted octanol–water partition coefficient (Wildman–Crippen LogP) is 2.60. The summed E-state index contributed by atoms with van der Waals surface area (Å²) in [7, 11) is -3.74. The van der Waals surface area contributed by atoms with Crippen LogP contribution in [0, 0.1) is 0 Å². The number of carbonyl (C=O) groups excluding carboxylic acids is 1. The van der Waals surface area contributed by atoms with Crippen molar-refractivity contribution in [2.24, 2.45) is 0 Å². The molecule has 0 heterocycles. The van der Waals surface area contributed by atoms with E-state index >= 15 is 0 Å². The van der Waals surface area contributed by atoms with Crippen LogP contribution in [0.3, 0.4) is 0 Å². The fourth-order valence-electron chi connectivity index (χ4n) is 2.02. The number of sulfonamides is 1. The lowest BCUT2D eigenvalue weighted by molar-refractivity contribution is -0.120. The number of hydrogen-bond acceptors (Lipinski definition) is 3. The van der Waals surface area contributed by atoms with E-state index in [0.29, 0.717) is 4.47 Å². The van der Waals surface area contributed by atoms with Crippen molar-refractivity contribution in [1.82, 2.24) is 10.0 Å². The Morgan fingerprint density at radius 1 is 1.09 bits per heavy atom. The zero-order valence-corrected chi connectivity index (χ0v) is 14.9. The van der Waals surface area contributed by atoms with E-state index in [-0.39, 0.29) is 17.5 Å². The van der Waals surface area contributed by atoms with Crippen molar-refractivity contribution in [3.8, 4) is 0 Å². The topological polar surface area (TPSA) is 75.3 Å². The zero-order valence-electron chi connectivity index (χ0n) is 12.5. The van der Waals surface area contributed by atoms with Crippen LogP contribution in [0.4, 0.5) is 0 Å². The molecular weight excluding hydrogens is 380 g/mol. The summed E-state index contributed by atoms with van der Waals surface area (Å²) in [5.41, 5.74) is 0.953. The van der Waals surface area contributed by atoms with Crippen molar-refractivity contribution < 1.29 is 13.2 Å². The van der Waals surface area contributed by atoms with Crippen LogP contribution in [0.25, 0.3) is 0 Å². The smallest absolute Gasteiger partial charge is 0.242 e. The molecule has 0 unspecified atom stereocenters. The normalized spacial score (nSPS) is 12.6. The van der Waals surface area contributed by atoms with Crippen LogP contribution in [0.1, 0.15) is 18.5 Å². The molecule has 2 rings (SSSR count). The Kier molecular flexibility index (Phi) is 5.92. The maximum atomic E-state index is 12.2. The fourth-order valence-corrected chi connectivity index (χ4v) is 4.00. The number of halogens is 1. The Hall–Kier alpha value is -1.70. The van der Waals surface area contributed by atoms with E-state index in [1.54, 1.807) is 18.2 Å². The molecule has 0 fully saturated rings. The average Bonchev–Trinajstić information content (AvgIpc) is 2.54. The molecule has 7 heteroatoms. The van der Waals surface area contributed by atoms with Crippen LogP contribution >= 0.6 is 15.9 Å². The zero-order chi connectivity index (χ0) is 16.9. The number of benzene rings is 2. The van der Waals surface area contributed by atoms with Gasteiger partial charge in [-0.15, -0.1) is 0 Å². The molecule has 0 aliphatic carbocycles. The van der Waals surface area contributed by atoms with Gasteiger partial charge in [0, 0.05) is 4.47 Å². The van der Waals surface area contributed by atoms with E-state index in [0.717, 1.165) is 5.56 Å². The standard InChI is InChI=1S/C16H17BrN2O3S/c1-12(13-7-3-2-4-8-13)19-16(20)11-18-23(21,22)15-10-6-5-9-14(15)17/h2-10,12,18H,11H2,1H3,(H,19,20)/t12-/m1/s1. The van der Waals surface area contributed by atoms with Crippen LogP contribution in [0.2, 0.25) is 0 Å². The molecule has 1 amide bonds. The second kappa shape index (κ2) is 7.72. The molecule has 5 nitrogen and oxygen atoms in total. The molecular formula is C16H17BrN2O3S. The van der Waals surface area contributed by atoms with Gasteiger partial charge < -0.3 is 5.32 Å². The molecule has 23 heavy (non-hydrogen) atoms. The first-order valence-corrected chi connectivity index (χ1v) is 9.26. The van der Waals surface area contributed by atoms with Crippen molar-refractivity contribution >= 4 is 31.9 Å². The van der Waals surface area contributed by atoms with Crippen molar-refractivity contribution in [1.29, 1.82) is 0 Å². The van der Waals surface area contributed by atoms with Crippen molar-refractivity contribution in [3.05, 3.63) is 64.6 Å². The van der Waals surface area contributed by atoms with Crippen LogP contribution in [-0.2, 0) is 14.8 Å². The average molecular weight is 397 g/mol. The van der Waals surface area contributed by atoms with Gasteiger partial charge in [0.1, 0.15) is 0 Å². The highest BCUT2D eigenvalue weighted by atomic mass is 79.9. The third-order valence-electron chi connectivity index (χ3n) is 3.23. The molecule has 2 aromatic carbocycles. The van der Waals surface area contributed by atoms with E-state index < -0.39 is 15.9 Å². The number of nitrogens with one attached hydrogen (secondary N) is 2. The van der Waals surface area contributed by atoms with E-state index in [4.69, 9.17) is 0 Å². The van der Waals surface area contributed by atoms with Gasteiger partial charge >= 0.3 is 0 Å². The molecule has 0 aliphatic heterocycles. The largest absolute Gasteiger partial charge is 0.348 e. The van der Waals surface area contributed by atoms with Gasteiger partial charge in [-0.1, -0.05) is 42.5 Å². The van der Waals surface area contributed by atoms with Crippen molar-refractivity contribution in [3.63, 3.8) is 0 Å². The van der Waals surface area contributed by atoms with Crippen LogP contribution in [0.15, 0.2) is 64.0 Å². The molecule has 0 radical (unpaired) electrons. The molecule has 0 saturated carbocycles. The maximum Gasteiger partial charge on any atom is 0.242 e. The lowest BCUT2D eigenvalue weighted by atomic mass is 10.1. The maximum absolute atomic E-state index is 12.2. The summed E-state index contributed by atoms with van der Waals surface area (Å²) < 4.78 is 27.1. The Morgan fingerprint density at radius 3 is 2.35 bits per heavy atom. The van der Waals surface area contributed by atoms with Crippen LogP contribution < -0.4 is 10.0 Å². The van der Waals surface area contributed by atoms with E-state index in [9.17, 15) is 13.2 Å². The van der Waals surface area contributed by atoms with Gasteiger partial charge in [0.15, 0.2) is 0 Å². The summed E-state index contributed by atoms with van der Waals surface area (Å²) in [6.45, 7) is 1.52. The summed E-state index contributed by atoms with van der Waals surface area (Å²) in [6, 6.07) is 15.7. The van der Waals surface area contributed by atoms with Gasteiger partial charge in [-0.2, -0.15) is 0 Å². The monoisotopic (exact) mass is 396 g/mol. The highest BCUT2D eigenvalue weighted by Gasteiger charge is 2.18. The first-order valence-electron chi connectivity index (χ1n) is 6.98. The number of rotatable bonds is 6. The van der Waals surface area contributed by atoms with Gasteiger partial charge in [-0.05, 0) is 40.5 Å². The minimum absolute atomic E-state index is 0.101. The van der Waals surface area contributed by atoms with Crippen LogP contribution in [-0.4, -0.2) is 20.9 Å². The number of amides is 1. The molecule has 0 spiro atoms. The van der Waals surface area contributed by atoms with Gasteiger partial charge in [-0.25, -0.2) is 13.1 Å². The first-order chi connectivity index (χ1) is 10.9. The quantitative estimate of drug-likeness (QED) is 0.787. The molecule has 2 N–H and O–H groups in total. The first kappa shape index (κ1) is 17.7.